The molecular weight excluding hydrogens is 215 g/mol. The summed E-state index contributed by atoms with van der Waals surface area (Å²) in [6, 6.07) is 5.87. The molecule has 0 amide bonds. The Balaban J connectivity index is 1.68. The summed E-state index contributed by atoms with van der Waals surface area (Å²) in [7, 11) is 0. The molecule has 0 saturated heterocycles. The fourth-order valence-corrected chi connectivity index (χ4v) is 2.16. The molecule has 0 unspecified atom stereocenters. The van der Waals surface area contributed by atoms with Gasteiger partial charge in [0.25, 0.3) is 0 Å². The van der Waals surface area contributed by atoms with Crippen LogP contribution in [0.2, 0.25) is 0 Å². The van der Waals surface area contributed by atoms with Crippen molar-refractivity contribution < 1.29 is 4.39 Å². The number of halogens is 1. The number of pyridine rings is 1. The summed E-state index contributed by atoms with van der Waals surface area (Å²) in [5.41, 5.74) is 2.07. The molecule has 0 bridgehead atoms. The first-order valence-electron chi connectivity index (χ1n) is 6.33. The number of hydrogen-bond acceptors (Lipinski definition) is 2. The first-order chi connectivity index (χ1) is 8.36. The molecule has 1 heterocycles. The van der Waals surface area contributed by atoms with E-state index in [1.165, 1.54) is 0 Å². The lowest BCUT2D eigenvalue weighted by Gasteiger charge is -2.05. The highest BCUT2D eigenvalue weighted by atomic mass is 19.1. The number of rotatable bonds is 5. The summed E-state index contributed by atoms with van der Waals surface area (Å²) in [4.78, 5) is 4.23. The standard InChI is InChI=1S/C14H19FN2/c15-14(12-5-1-2-6-12)11-16-10-8-13-7-3-4-9-17-13/h3-4,7,9,16H,1-2,5-6,8,10-11H2. The predicted octanol–water partition coefficient (Wildman–Crippen LogP) is 3.01. The third-order valence-corrected chi connectivity index (χ3v) is 3.16. The molecule has 2 nitrogen and oxygen atoms in total. The fourth-order valence-electron chi connectivity index (χ4n) is 2.16. The fraction of sp³-hybridized carbons (Fsp3) is 0.500. The van der Waals surface area contributed by atoms with Crippen LogP contribution in [0.5, 0.6) is 0 Å². The van der Waals surface area contributed by atoms with E-state index in [0.29, 0.717) is 6.54 Å². The smallest absolute Gasteiger partial charge is 0.113 e. The Kier molecular flexibility index (Phi) is 4.68. The maximum absolute atomic E-state index is 13.6. The number of nitrogens with zero attached hydrogens (tertiary/aromatic N) is 1. The number of allylic oxidation sites excluding steroid dienone is 1. The highest BCUT2D eigenvalue weighted by Gasteiger charge is 2.11. The summed E-state index contributed by atoms with van der Waals surface area (Å²) in [6.07, 6.45) is 6.84. The minimum atomic E-state index is 0.0588. The van der Waals surface area contributed by atoms with Crippen molar-refractivity contribution in [3.63, 3.8) is 0 Å². The quantitative estimate of drug-likeness (QED) is 0.792. The molecule has 0 radical (unpaired) electrons. The van der Waals surface area contributed by atoms with Crippen molar-refractivity contribution in [3.05, 3.63) is 41.5 Å². The molecule has 1 aliphatic rings. The monoisotopic (exact) mass is 234 g/mol. The topological polar surface area (TPSA) is 24.9 Å². The summed E-state index contributed by atoms with van der Waals surface area (Å²) in [5, 5.41) is 3.14. The lowest BCUT2D eigenvalue weighted by molar-refractivity contribution is 0.555. The zero-order valence-electron chi connectivity index (χ0n) is 10.1. The van der Waals surface area contributed by atoms with Crippen molar-refractivity contribution in [3.8, 4) is 0 Å². The summed E-state index contributed by atoms with van der Waals surface area (Å²) in [5.74, 6) is 0.0588. The van der Waals surface area contributed by atoms with Crippen LogP contribution in [0.1, 0.15) is 31.4 Å². The molecule has 17 heavy (non-hydrogen) atoms. The Labute approximate surface area is 102 Å². The third kappa shape index (κ3) is 3.93. The van der Waals surface area contributed by atoms with Crippen LogP contribution in [-0.2, 0) is 6.42 Å². The van der Waals surface area contributed by atoms with Gasteiger partial charge in [-0.2, -0.15) is 0 Å². The van der Waals surface area contributed by atoms with E-state index in [1.807, 2.05) is 18.2 Å². The maximum atomic E-state index is 13.6. The first kappa shape index (κ1) is 12.2. The first-order valence-corrected chi connectivity index (χ1v) is 6.33. The summed E-state index contributed by atoms with van der Waals surface area (Å²) in [6.45, 7) is 1.15. The van der Waals surface area contributed by atoms with Gasteiger partial charge in [0, 0.05) is 31.4 Å². The van der Waals surface area contributed by atoms with Gasteiger partial charge in [0.1, 0.15) is 5.83 Å². The van der Waals surface area contributed by atoms with Gasteiger partial charge in [0.05, 0.1) is 0 Å². The zero-order valence-corrected chi connectivity index (χ0v) is 10.1. The average Bonchev–Trinajstić information content (AvgIpc) is 2.89. The number of aromatic nitrogens is 1. The minimum absolute atomic E-state index is 0.0588. The van der Waals surface area contributed by atoms with Crippen LogP contribution in [0.15, 0.2) is 35.8 Å². The van der Waals surface area contributed by atoms with E-state index in [1.54, 1.807) is 6.20 Å². The van der Waals surface area contributed by atoms with Crippen LogP contribution in [0.25, 0.3) is 0 Å². The van der Waals surface area contributed by atoms with E-state index in [2.05, 4.69) is 10.3 Å². The second-order valence-electron chi connectivity index (χ2n) is 4.46. The Hall–Kier alpha value is -1.22. The second kappa shape index (κ2) is 6.50. The van der Waals surface area contributed by atoms with Gasteiger partial charge < -0.3 is 5.32 Å². The lowest BCUT2D eigenvalue weighted by Crippen LogP contribution is -2.19. The van der Waals surface area contributed by atoms with Crippen molar-refractivity contribution in [2.75, 3.05) is 13.1 Å². The summed E-state index contributed by atoms with van der Waals surface area (Å²) < 4.78 is 13.6. The van der Waals surface area contributed by atoms with Gasteiger partial charge in [-0.05, 0) is 43.4 Å². The largest absolute Gasteiger partial charge is 0.310 e. The van der Waals surface area contributed by atoms with Crippen molar-refractivity contribution >= 4 is 0 Å². The molecule has 1 saturated carbocycles. The molecular formula is C14H19FN2. The second-order valence-corrected chi connectivity index (χ2v) is 4.46. The van der Waals surface area contributed by atoms with E-state index in [9.17, 15) is 4.39 Å². The summed E-state index contributed by atoms with van der Waals surface area (Å²) >= 11 is 0. The van der Waals surface area contributed by atoms with Gasteiger partial charge in [-0.3, -0.25) is 4.98 Å². The van der Waals surface area contributed by atoms with Crippen LogP contribution < -0.4 is 5.32 Å². The molecule has 1 aliphatic carbocycles. The van der Waals surface area contributed by atoms with Crippen molar-refractivity contribution in [2.24, 2.45) is 0 Å². The molecule has 0 aliphatic heterocycles. The highest BCUT2D eigenvalue weighted by molar-refractivity contribution is 5.12. The van der Waals surface area contributed by atoms with Gasteiger partial charge in [-0.25, -0.2) is 4.39 Å². The Morgan fingerprint density at radius 3 is 2.82 bits per heavy atom. The van der Waals surface area contributed by atoms with Crippen LogP contribution in [0.4, 0.5) is 4.39 Å². The minimum Gasteiger partial charge on any atom is -0.310 e. The highest BCUT2D eigenvalue weighted by Crippen LogP contribution is 2.27. The van der Waals surface area contributed by atoms with Gasteiger partial charge in [-0.15, -0.1) is 0 Å². The number of nitrogens with one attached hydrogen (secondary N) is 1. The van der Waals surface area contributed by atoms with E-state index in [0.717, 1.165) is 49.9 Å². The third-order valence-electron chi connectivity index (χ3n) is 3.16. The normalized spacial score (nSPS) is 15.2. The molecule has 1 aromatic heterocycles. The molecule has 1 N–H and O–H groups in total. The average molecular weight is 234 g/mol. The Bertz CT molecular complexity index is 365. The van der Waals surface area contributed by atoms with Crippen LogP contribution in [0.3, 0.4) is 0 Å². The van der Waals surface area contributed by atoms with Gasteiger partial charge in [-0.1, -0.05) is 6.07 Å². The molecule has 0 aromatic carbocycles. The predicted molar refractivity (Wildman–Crippen MR) is 67.4 cm³/mol. The molecule has 3 heteroatoms. The Morgan fingerprint density at radius 2 is 2.12 bits per heavy atom. The van der Waals surface area contributed by atoms with Gasteiger partial charge in [0.2, 0.25) is 0 Å². The maximum Gasteiger partial charge on any atom is 0.113 e. The molecule has 1 aromatic rings. The van der Waals surface area contributed by atoms with E-state index < -0.39 is 0 Å². The molecule has 92 valence electrons. The molecule has 1 fully saturated rings. The van der Waals surface area contributed by atoms with Crippen LogP contribution >= 0.6 is 0 Å². The SMILES string of the molecule is FC(CNCCc1ccccn1)=C1CCCC1. The van der Waals surface area contributed by atoms with E-state index in [4.69, 9.17) is 0 Å². The van der Waals surface area contributed by atoms with Gasteiger partial charge >= 0.3 is 0 Å². The zero-order chi connectivity index (χ0) is 11.9. The van der Waals surface area contributed by atoms with E-state index >= 15 is 0 Å². The number of hydrogen-bond donors (Lipinski definition) is 1. The van der Waals surface area contributed by atoms with E-state index in [-0.39, 0.29) is 5.83 Å². The van der Waals surface area contributed by atoms with Gasteiger partial charge in [0.15, 0.2) is 0 Å². The lowest BCUT2D eigenvalue weighted by atomic mass is 10.2. The van der Waals surface area contributed by atoms with Crippen molar-refractivity contribution in [1.82, 2.24) is 10.3 Å². The van der Waals surface area contributed by atoms with Crippen molar-refractivity contribution in [1.29, 1.82) is 0 Å². The Morgan fingerprint density at radius 1 is 1.29 bits per heavy atom. The molecule has 0 spiro atoms. The van der Waals surface area contributed by atoms with Crippen LogP contribution in [0, 0.1) is 0 Å². The molecule has 2 rings (SSSR count). The van der Waals surface area contributed by atoms with Crippen LogP contribution in [-0.4, -0.2) is 18.1 Å². The molecule has 0 atom stereocenters. The van der Waals surface area contributed by atoms with Crippen molar-refractivity contribution in [2.45, 2.75) is 32.1 Å².